The Morgan fingerprint density at radius 3 is 1.42 bits per heavy atom. The smallest absolute Gasteiger partial charge is 0.352 e. The second-order valence-electron chi connectivity index (χ2n) is 11.7. The van der Waals surface area contributed by atoms with Crippen LogP contribution in [-0.4, -0.2) is 37.1 Å². The first kappa shape index (κ1) is 27.1. The Morgan fingerprint density at radius 2 is 1.02 bits per heavy atom. The maximum absolute atomic E-state index is 12.3. The molecule has 0 atom stereocenters. The monoisotopic (exact) mass is 573 g/mol. The molecule has 3 heterocycles. The molecule has 0 radical (unpaired) electrons. The average molecular weight is 574 g/mol. The van der Waals surface area contributed by atoms with E-state index in [0.717, 1.165) is 94.7 Å². The largest absolute Gasteiger partial charge is 0.477 e. The summed E-state index contributed by atoms with van der Waals surface area (Å²) in [5, 5.41) is 20.2. The van der Waals surface area contributed by atoms with Gasteiger partial charge in [0.25, 0.3) is 0 Å². The van der Waals surface area contributed by atoms with Gasteiger partial charge in [-0.15, -0.1) is 0 Å². The van der Waals surface area contributed by atoms with E-state index in [0.29, 0.717) is 12.8 Å². The van der Waals surface area contributed by atoms with Crippen molar-refractivity contribution in [3.05, 3.63) is 116 Å². The molecule has 0 unspecified atom stereocenters. The van der Waals surface area contributed by atoms with E-state index in [4.69, 9.17) is 0 Å². The normalized spacial score (nSPS) is 13.3. The summed E-state index contributed by atoms with van der Waals surface area (Å²) in [6.07, 6.45) is 6.25. The molecule has 2 aliphatic rings. The molecule has 0 spiro atoms. The number of aromatic nitrogens is 3. The Labute approximate surface area is 250 Å². The summed E-state index contributed by atoms with van der Waals surface area (Å²) in [6, 6.07) is 16.2. The third-order valence-electron chi connectivity index (χ3n) is 9.48. The van der Waals surface area contributed by atoms with Crippen molar-refractivity contribution in [1.29, 1.82) is 0 Å². The van der Waals surface area contributed by atoms with E-state index in [2.05, 4.69) is 40.9 Å². The van der Waals surface area contributed by atoms with Gasteiger partial charge < -0.3 is 25.2 Å². The molecule has 5 aromatic rings. The van der Waals surface area contributed by atoms with Crippen LogP contribution in [0, 0.1) is 0 Å². The van der Waals surface area contributed by atoms with Gasteiger partial charge in [0.15, 0.2) is 0 Å². The molecule has 0 fully saturated rings. The number of nitrogens with one attached hydrogen (secondary N) is 3. The summed E-state index contributed by atoms with van der Waals surface area (Å²) in [7, 11) is 0. The molecule has 3 aromatic heterocycles. The third kappa shape index (κ3) is 4.33. The molecule has 5 N–H and O–H groups in total. The van der Waals surface area contributed by atoms with E-state index >= 15 is 0 Å². The summed E-state index contributed by atoms with van der Waals surface area (Å²) in [5.74, 6) is -1.88. The van der Waals surface area contributed by atoms with Gasteiger partial charge in [0.05, 0.1) is 0 Å². The molecule has 7 heteroatoms. The van der Waals surface area contributed by atoms with Crippen molar-refractivity contribution in [3.8, 4) is 22.3 Å². The molecule has 2 aromatic carbocycles. The number of carboxylic acid groups (broad SMARTS) is 2. The van der Waals surface area contributed by atoms with Crippen LogP contribution in [0.1, 0.15) is 91.0 Å². The SMILES string of the molecule is CCc1c(Cc2[nH]c(C(=O)O)c3c2CCc2ccccc2-3)[nH]c(Cc2[nH]c(C(=O)O)c3c2CCc2ccccc2-3)c1CC. The zero-order valence-electron chi connectivity index (χ0n) is 24.5. The van der Waals surface area contributed by atoms with E-state index in [-0.39, 0.29) is 11.4 Å². The fourth-order valence-electron chi connectivity index (χ4n) is 7.64. The summed E-state index contributed by atoms with van der Waals surface area (Å²) < 4.78 is 0. The van der Waals surface area contributed by atoms with E-state index in [1.807, 2.05) is 36.4 Å². The fraction of sp³-hybridized carbons (Fsp3) is 0.278. The highest BCUT2D eigenvalue weighted by molar-refractivity contribution is 5.98. The first-order valence-corrected chi connectivity index (χ1v) is 15.2. The molecule has 0 aliphatic heterocycles. The van der Waals surface area contributed by atoms with Gasteiger partial charge in [-0.2, -0.15) is 0 Å². The second kappa shape index (κ2) is 10.5. The molecule has 7 nitrogen and oxygen atoms in total. The van der Waals surface area contributed by atoms with Crippen LogP contribution in [0.5, 0.6) is 0 Å². The number of carboxylic acids is 2. The van der Waals surface area contributed by atoms with Gasteiger partial charge in [-0.1, -0.05) is 62.4 Å². The number of hydrogen-bond donors (Lipinski definition) is 5. The summed E-state index contributed by atoms with van der Waals surface area (Å²) in [4.78, 5) is 35.0. The van der Waals surface area contributed by atoms with Crippen molar-refractivity contribution in [2.24, 2.45) is 0 Å². The Bertz CT molecular complexity index is 1780. The standard InChI is InChI=1S/C36H35N3O4/c1-3-21-22(4-2)28(18-30-26-16-14-20-10-6-8-12-24(20)32(26)34(39-30)36(42)43)37-27(21)17-29-25-15-13-19-9-5-7-11-23(19)31(25)33(38-29)35(40)41/h5-12,37-39H,3-4,13-18H2,1-2H3,(H,40,41)(H,42,43). The van der Waals surface area contributed by atoms with Gasteiger partial charge in [-0.3, -0.25) is 0 Å². The highest BCUT2D eigenvalue weighted by Crippen LogP contribution is 2.41. The lowest BCUT2D eigenvalue weighted by molar-refractivity contribution is 0.0681. The molecule has 0 bridgehead atoms. The molecular weight excluding hydrogens is 538 g/mol. The molecule has 0 saturated carbocycles. The van der Waals surface area contributed by atoms with Crippen LogP contribution < -0.4 is 0 Å². The number of H-pyrrole nitrogens is 3. The van der Waals surface area contributed by atoms with Crippen molar-refractivity contribution in [2.75, 3.05) is 0 Å². The molecular formula is C36H35N3O4. The Kier molecular flexibility index (Phi) is 6.61. The van der Waals surface area contributed by atoms with Crippen molar-refractivity contribution in [3.63, 3.8) is 0 Å². The molecule has 0 amide bonds. The van der Waals surface area contributed by atoms with Crippen molar-refractivity contribution >= 4 is 11.9 Å². The van der Waals surface area contributed by atoms with Crippen LogP contribution in [-0.2, 0) is 51.4 Å². The van der Waals surface area contributed by atoms with Gasteiger partial charge in [-0.25, -0.2) is 9.59 Å². The van der Waals surface area contributed by atoms with Crippen LogP contribution in [0.3, 0.4) is 0 Å². The average Bonchev–Trinajstić information content (AvgIpc) is 3.69. The van der Waals surface area contributed by atoms with Crippen molar-refractivity contribution in [1.82, 2.24) is 15.0 Å². The van der Waals surface area contributed by atoms with Gasteiger partial charge >= 0.3 is 11.9 Å². The Morgan fingerprint density at radius 1 is 0.605 bits per heavy atom. The molecule has 218 valence electrons. The van der Waals surface area contributed by atoms with E-state index in [9.17, 15) is 19.8 Å². The molecule has 2 aliphatic carbocycles. The van der Waals surface area contributed by atoms with Gasteiger partial charge in [0, 0.05) is 46.7 Å². The number of carbonyl (C=O) groups is 2. The van der Waals surface area contributed by atoms with Crippen molar-refractivity contribution < 1.29 is 19.8 Å². The number of fused-ring (bicyclic) bond motifs is 6. The first-order valence-electron chi connectivity index (χ1n) is 15.2. The van der Waals surface area contributed by atoms with Gasteiger partial charge in [-0.05, 0) is 83.0 Å². The maximum Gasteiger partial charge on any atom is 0.352 e. The topological polar surface area (TPSA) is 122 Å². The maximum atomic E-state index is 12.3. The molecule has 0 saturated heterocycles. The molecule has 7 rings (SSSR count). The number of hydrogen-bond acceptors (Lipinski definition) is 2. The summed E-state index contributed by atoms with van der Waals surface area (Å²) >= 11 is 0. The van der Waals surface area contributed by atoms with E-state index in [1.54, 1.807) is 0 Å². The lowest BCUT2D eigenvalue weighted by atomic mass is 9.85. The quantitative estimate of drug-likeness (QED) is 0.139. The predicted octanol–water partition coefficient (Wildman–Crippen LogP) is 6.90. The fourth-order valence-corrected chi connectivity index (χ4v) is 7.64. The summed E-state index contributed by atoms with van der Waals surface area (Å²) in [5.41, 5.74) is 15.4. The number of benzene rings is 2. The van der Waals surface area contributed by atoms with Crippen LogP contribution in [0.25, 0.3) is 22.3 Å². The summed E-state index contributed by atoms with van der Waals surface area (Å²) in [6.45, 7) is 4.32. The minimum Gasteiger partial charge on any atom is -0.477 e. The van der Waals surface area contributed by atoms with Crippen LogP contribution in [0.15, 0.2) is 48.5 Å². The van der Waals surface area contributed by atoms with Gasteiger partial charge in [0.1, 0.15) is 11.4 Å². The zero-order valence-corrected chi connectivity index (χ0v) is 24.5. The third-order valence-corrected chi connectivity index (χ3v) is 9.48. The predicted molar refractivity (Wildman–Crippen MR) is 166 cm³/mol. The number of aromatic amines is 3. The lowest BCUT2D eigenvalue weighted by Gasteiger charge is -2.18. The van der Waals surface area contributed by atoms with Crippen molar-refractivity contribution in [2.45, 2.75) is 65.2 Å². The lowest BCUT2D eigenvalue weighted by Crippen LogP contribution is -2.06. The Hall–Kier alpha value is -4.78. The molecule has 43 heavy (non-hydrogen) atoms. The van der Waals surface area contributed by atoms with Crippen LogP contribution in [0.4, 0.5) is 0 Å². The number of aryl methyl sites for hydroxylation is 2. The minimum absolute atomic E-state index is 0.261. The van der Waals surface area contributed by atoms with E-state index in [1.165, 1.54) is 22.3 Å². The second-order valence-corrected chi connectivity index (χ2v) is 11.7. The minimum atomic E-state index is -0.941. The van der Waals surface area contributed by atoms with Crippen LogP contribution in [0.2, 0.25) is 0 Å². The van der Waals surface area contributed by atoms with Gasteiger partial charge in [0.2, 0.25) is 0 Å². The number of rotatable bonds is 8. The highest BCUT2D eigenvalue weighted by atomic mass is 16.4. The van der Waals surface area contributed by atoms with E-state index < -0.39 is 11.9 Å². The highest BCUT2D eigenvalue weighted by Gasteiger charge is 2.30. The Balaban J connectivity index is 1.29. The number of aromatic carboxylic acids is 2. The zero-order chi connectivity index (χ0) is 29.8. The first-order chi connectivity index (χ1) is 20.9. The van der Waals surface area contributed by atoms with Crippen LogP contribution >= 0.6 is 0 Å².